The van der Waals surface area contributed by atoms with E-state index < -0.39 is 0 Å². The average Bonchev–Trinajstić information content (AvgIpc) is 3.22. The summed E-state index contributed by atoms with van der Waals surface area (Å²) in [4.78, 5) is 17.4. The summed E-state index contributed by atoms with van der Waals surface area (Å²) < 4.78 is 11.5. The Labute approximate surface area is 199 Å². The number of para-hydroxylation sites is 1. The highest BCUT2D eigenvalue weighted by molar-refractivity contribution is 6.07. The Kier molecular flexibility index (Phi) is 6.60. The van der Waals surface area contributed by atoms with Crippen molar-refractivity contribution in [2.75, 3.05) is 51.7 Å². The summed E-state index contributed by atoms with van der Waals surface area (Å²) >= 11 is 0. The van der Waals surface area contributed by atoms with Crippen LogP contribution in [0.4, 0.5) is 5.69 Å². The van der Waals surface area contributed by atoms with Gasteiger partial charge in [-0.25, -0.2) is 0 Å². The molecule has 3 aromatic carbocycles. The summed E-state index contributed by atoms with van der Waals surface area (Å²) in [6, 6.07) is 22.0. The first-order valence-corrected chi connectivity index (χ1v) is 11.6. The monoisotopic (exact) mass is 455 g/mol. The first kappa shape index (κ1) is 22.2. The fraction of sp³-hybridized carbons (Fsp3) is 0.250. The van der Waals surface area contributed by atoms with Crippen molar-refractivity contribution in [2.45, 2.75) is 0 Å². The molecule has 0 radical (unpaired) electrons. The summed E-state index contributed by atoms with van der Waals surface area (Å²) in [5.41, 5.74) is 3.40. The van der Waals surface area contributed by atoms with Crippen molar-refractivity contribution in [3.63, 3.8) is 0 Å². The Morgan fingerprint density at radius 3 is 2.47 bits per heavy atom. The lowest BCUT2D eigenvalue weighted by Crippen LogP contribution is -2.48. The Morgan fingerprint density at radius 1 is 0.941 bits per heavy atom. The Hall–Kier alpha value is -3.61. The third-order valence-electron chi connectivity index (χ3n) is 6.28. The van der Waals surface area contributed by atoms with Gasteiger partial charge in [0.05, 0.1) is 19.3 Å². The van der Waals surface area contributed by atoms with E-state index in [1.165, 1.54) is 5.56 Å². The van der Waals surface area contributed by atoms with Crippen LogP contribution in [0, 0.1) is 0 Å². The quantitative estimate of drug-likeness (QED) is 0.431. The van der Waals surface area contributed by atoms with Gasteiger partial charge in [0, 0.05) is 49.6 Å². The van der Waals surface area contributed by atoms with Crippen LogP contribution in [-0.2, 0) is 4.79 Å². The predicted molar refractivity (Wildman–Crippen MR) is 137 cm³/mol. The van der Waals surface area contributed by atoms with Gasteiger partial charge in [0.25, 0.3) is 0 Å². The molecule has 1 aliphatic rings. The molecule has 1 N–H and O–H groups in total. The Bertz CT molecular complexity index is 1300. The van der Waals surface area contributed by atoms with Gasteiger partial charge in [0.1, 0.15) is 16.9 Å². The van der Waals surface area contributed by atoms with E-state index in [1.54, 1.807) is 7.11 Å². The van der Waals surface area contributed by atoms with Crippen molar-refractivity contribution in [3.05, 3.63) is 78.4 Å². The maximum absolute atomic E-state index is 12.8. The van der Waals surface area contributed by atoms with Gasteiger partial charge in [-0.15, -0.1) is 0 Å². The highest BCUT2D eigenvalue weighted by Gasteiger charge is 2.20. The molecular weight excluding hydrogens is 426 g/mol. The van der Waals surface area contributed by atoms with Gasteiger partial charge in [0.2, 0.25) is 5.91 Å². The largest absolute Gasteiger partial charge is 0.495 e. The van der Waals surface area contributed by atoms with Gasteiger partial charge in [-0.3, -0.25) is 14.6 Å². The molecule has 1 amide bonds. The van der Waals surface area contributed by atoms with Crippen LogP contribution in [0.3, 0.4) is 0 Å². The number of hydrogen-bond acceptors (Lipinski definition) is 5. The molecule has 1 aromatic heterocycles. The number of fused-ring (bicyclic) bond motifs is 3. The third-order valence-corrected chi connectivity index (χ3v) is 6.28. The van der Waals surface area contributed by atoms with Crippen molar-refractivity contribution < 1.29 is 13.9 Å². The van der Waals surface area contributed by atoms with Gasteiger partial charge in [-0.2, -0.15) is 0 Å². The number of carbonyl (C=O) groups is 1. The SMILES string of the molecule is COc1cc2c(cc1NC(=O)CN1CCN(CC=Cc3ccccc3)CC1)oc1ccccc12. The second-order valence-corrected chi connectivity index (χ2v) is 8.58. The zero-order valence-electron chi connectivity index (χ0n) is 19.4. The van der Waals surface area contributed by atoms with Gasteiger partial charge < -0.3 is 14.5 Å². The molecule has 0 atom stereocenters. The topological polar surface area (TPSA) is 58.0 Å². The average molecular weight is 456 g/mol. The molecule has 0 saturated carbocycles. The normalized spacial score (nSPS) is 15.3. The summed E-state index contributed by atoms with van der Waals surface area (Å²) in [5, 5.41) is 5.03. The van der Waals surface area contributed by atoms with E-state index in [1.807, 2.05) is 54.6 Å². The van der Waals surface area contributed by atoms with Crippen LogP contribution in [0.15, 0.2) is 77.2 Å². The fourth-order valence-corrected chi connectivity index (χ4v) is 4.44. The minimum absolute atomic E-state index is 0.0498. The number of benzene rings is 3. The number of carbonyl (C=O) groups excluding carboxylic acids is 1. The molecule has 4 aromatic rings. The molecule has 6 heteroatoms. The van der Waals surface area contributed by atoms with Crippen LogP contribution in [0.1, 0.15) is 5.56 Å². The standard InChI is InChI=1S/C28H29N3O3/c1-33-27-18-23-22-11-5-6-12-25(22)34-26(23)19-24(27)29-28(32)20-31-16-14-30(15-17-31)13-7-10-21-8-3-2-4-9-21/h2-12,18-19H,13-17,20H2,1H3,(H,29,32). The molecule has 1 aliphatic heterocycles. The highest BCUT2D eigenvalue weighted by Crippen LogP contribution is 2.36. The lowest BCUT2D eigenvalue weighted by atomic mass is 10.1. The first-order chi connectivity index (χ1) is 16.7. The molecule has 34 heavy (non-hydrogen) atoms. The number of ether oxygens (including phenoxy) is 1. The Morgan fingerprint density at radius 2 is 1.68 bits per heavy atom. The summed E-state index contributed by atoms with van der Waals surface area (Å²) in [6.07, 6.45) is 4.37. The van der Waals surface area contributed by atoms with Gasteiger partial charge in [-0.05, 0) is 17.7 Å². The van der Waals surface area contributed by atoms with Crippen LogP contribution in [-0.4, -0.2) is 62.1 Å². The molecule has 2 heterocycles. The maximum Gasteiger partial charge on any atom is 0.238 e. The highest BCUT2D eigenvalue weighted by atomic mass is 16.5. The minimum atomic E-state index is -0.0498. The molecule has 0 unspecified atom stereocenters. The molecule has 174 valence electrons. The number of rotatable bonds is 7. The number of methoxy groups -OCH3 is 1. The number of nitrogens with one attached hydrogen (secondary N) is 1. The van der Waals surface area contributed by atoms with E-state index in [0.717, 1.165) is 54.7 Å². The van der Waals surface area contributed by atoms with Crippen molar-refractivity contribution >= 4 is 39.6 Å². The molecule has 0 bridgehead atoms. The molecule has 1 fully saturated rings. The number of hydrogen-bond donors (Lipinski definition) is 1. The number of nitrogens with zero attached hydrogens (tertiary/aromatic N) is 2. The molecular formula is C28H29N3O3. The van der Waals surface area contributed by atoms with Crippen LogP contribution in [0.2, 0.25) is 0 Å². The van der Waals surface area contributed by atoms with E-state index in [2.05, 4.69) is 39.4 Å². The van der Waals surface area contributed by atoms with E-state index in [-0.39, 0.29) is 5.91 Å². The zero-order valence-corrected chi connectivity index (χ0v) is 19.4. The second kappa shape index (κ2) is 10.1. The number of amides is 1. The van der Waals surface area contributed by atoms with Gasteiger partial charge in [-0.1, -0.05) is 60.7 Å². The van der Waals surface area contributed by atoms with E-state index in [9.17, 15) is 4.79 Å². The van der Waals surface area contributed by atoms with Gasteiger partial charge in [0.15, 0.2) is 0 Å². The summed E-state index contributed by atoms with van der Waals surface area (Å²) in [7, 11) is 1.62. The van der Waals surface area contributed by atoms with Gasteiger partial charge >= 0.3 is 0 Å². The predicted octanol–water partition coefficient (Wildman–Crippen LogP) is 4.86. The number of anilines is 1. The van der Waals surface area contributed by atoms with Crippen LogP contribution < -0.4 is 10.1 Å². The van der Waals surface area contributed by atoms with E-state index >= 15 is 0 Å². The van der Waals surface area contributed by atoms with Crippen LogP contribution >= 0.6 is 0 Å². The van der Waals surface area contributed by atoms with Crippen molar-refractivity contribution in [1.82, 2.24) is 9.80 Å². The van der Waals surface area contributed by atoms with Crippen molar-refractivity contribution in [3.8, 4) is 5.75 Å². The Balaban J connectivity index is 1.16. The molecule has 0 spiro atoms. The minimum Gasteiger partial charge on any atom is -0.495 e. The first-order valence-electron chi connectivity index (χ1n) is 11.6. The van der Waals surface area contributed by atoms with E-state index in [4.69, 9.17) is 9.15 Å². The number of piperazine rings is 1. The second-order valence-electron chi connectivity index (χ2n) is 8.58. The van der Waals surface area contributed by atoms with Crippen LogP contribution in [0.5, 0.6) is 5.75 Å². The summed E-state index contributed by atoms with van der Waals surface area (Å²) in [5.74, 6) is 0.577. The maximum atomic E-state index is 12.8. The molecule has 5 rings (SSSR count). The molecule has 1 saturated heterocycles. The zero-order chi connectivity index (χ0) is 23.3. The molecule has 0 aliphatic carbocycles. The number of furan rings is 1. The lowest BCUT2D eigenvalue weighted by molar-refractivity contribution is -0.117. The smallest absolute Gasteiger partial charge is 0.238 e. The fourth-order valence-electron chi connectivity index (χ4n) is 4.44. The van der Waals surface area contributed by atoms with Crippen molar-refractivity contribution in [1.29, 1.82) is 0 Å². The summed E-state index contributed by atoms with van der Waals surface area (Å²) in [6.45, 7) is 4.90. The lowest BCUT2D eigenvalue weighted by Gasteiger charge is -2.33. The van der Waals surface area contributed by atoms with Crippen LogP contribution in [0.25, 0.3) is 28.0 Å². The van der Waals surface area contributed by atoms with E-state index in [0.29, 0.717) is 18.0 Å². The van der Waals surface area contributed by atoms with Crippen molar-refractivity contribution in [2.24, 2.45) is 0 Å². The third kappa shape index (κ3) is 4.98. The molecule has 6 nitrogen and oxygen atoms in total.